The summed E-state index contributed by atoms with van der Waals surface area (Å²) in [7, 11) is 1.75. The number of carbonyl (C=O) groups is 2. The number of thioether (sulfide) groups is 1. The highest BCUT2D eigenvalue weighted by Crippen LogP contribution is 2.22. The summed E-state index contributed by atoms with van der Waals surface area (Å²) in [5.74, 6) is 0.487. The van der Waals surface area contributed by atoms with E-state index in [-0.39, 0.29) is 17.2 Å². The number of likely N-dealkylation sites (N-methyl/N-ethyl adjacent to an activating group) is 1. The van der Waals surface area contributed by atoms with Gasteiger partial charge >= 0.3 is 0 Å². The maximum atomic E-state index is 12.0. The number of nitrogens with zero attached hydrogens (tertiary/aromatic N) is 1. The molecule has 2 rings (SSSR count). The van der Waals surface area contributed by atoms with Crippen LogP contribution in [0.2, 0.25) is 0 Å². The molecule has 4 nitrogen and oxygen atoms in total. The summed E-state index contributed by atoms with van der Waals surface area (Å²) >= 11 is 6.14. The predicted octanol–water partition coefficient (Wildman–Crippen LogP) is 2.29. The Hall–Kier alpha value is -0.530. The lowest BCUT2D eigenvalue weighted by molar-refractivity contribution is -0.131. The Morgan fingerprint density at radius 1 is 1.71 bits per heavy atom. The highest BCUT2D eigenvalue weighted by atomic mass is 79.9. The molecule has 2 heterocycles. The topological polar surface area (TPSA) is 49.4 Å². The van der Waals surface area contributed by atoms with Crippen molar-refractivity contribution in [2.24, 2.45) is 0 Å². The Bertz CT molecular complexity index is 449. The summed E-state index contributed by atoms with van der Waals surface area (Å²) in [6.07, 6.45) is 0. The first-order valence-electron chi connectivity index (χ1n) is 4.97. The molecule has 1 N–H and O–H groups in total. The second-order valence-corrected chi connectivity index (χ2v) is 7.03. The zero-order chi connectivity index (χ0) is 12.4. The number of hydrogen-bond acceptors (Lipinski definition) is 4. The molecular weight excluding hydrogens is 324 g/mol. The van der Waals surface area contributed by atoms with Crippen LogP contribution >= 0.6 is 39.0 Å². The third-order valence-corrected chi connectivity index (χ3v) is 4.82. The van der Waals surface area contributed by atoms with E-state index in [1.165, 1.54) is 0 Å². The summed E-state index contributed by atoms with van der Waals surface area (Å²) < 4.78 is 1.05. The molecule has 1 unspecified atom stereocenters. The zero-order valence-electron chi connectivity index (χ0n) is 9.10. The van der Waals surface area contributed by atoms with Gasteiger partial charge in [0, 0.05) is 19.3 Å². The zero-order valence-corrected chi connectivity index (χ0v) is 12.3. The fourth-order valence-corrected chi connectivity index (χ4v) is 3.53. The lowest BCUT2D eigenvalue weighted by atomic mass is 10.2. The van der Waals surface area contributed by atoms with Crippen molar-refractivity contribution < 1.29 is 9.59 Å². The predicted molar refractivity (Wildman–Crippen MR) is 73.3 cm³/mol. The fourth-order valence-electron chi connectivity index (χ4n) is 1.56. The van der Waals surface area contributed by atoms with Gasteiger partial charge in [-0.25, -0.2) is 0 Å². The smallest absolute Gasteiger partial charge is 0.279 e. The molecule has 0 radical (unpaired) electrons. The molecule has 1 atom stereocenters. The number of rotatable bonds is 3. The number of halogens is 1. The van der Waals surface area contributed by atoms with Crippen LogP contribution in [0.1, 0.15) is 5.56 Å². The van der Waals surface area contributed by atoms with Crippen molar-refractivity contribution in [1.29, 1.82) is 0 Å². The maximum Gasteiger partial charge on any atom is 0.279 e. The van der Waals surface area contributed by atoms with Crippen molar-refractivity contribution >= 4 is 50.2 Å². The molecule has 1 aliphatic rings. The average molecular weight is 335 g/mol. The lowest BCUT2D eigenvalue weighted by Crippen LogP contribution is -2.43. The van der Waals surface area contributed by atoms with Crippen molar-refractivity contribution in [3.8, 4) is 0 Å². The molecule has 7 heteroatoms. The van der Waals surface area contributed by atoms with E-state index in [0.717, 1.165) is 21.1 Å². The van der Waals surface area contributed by atoms with E-state index in [0.29, 0.717) is 12.3 Å². The van der Waals surface area contributed by atoms with Crippen LogP contribution in [-0.2, 0) is 11.3 Å². The van der Waals surface area contributed by atoms with Crippen molar-refractivity contribution in [1.82, 2.24) is 10.2 Å². The largest absolute Gasteiger partial charge is 0.340 e. The summed E-state index contributed by atoms with van der Waals surface area (Å²) in [4.78, 5) is 24.7. The molecule has 0 saturated carbocycles. The Labute approximate surface area is 116 Å². The molecule has 1 fully saturated rings. The van der Waals surface area contributed by atoms with Gasteiger partial charge in [0.25, 0.3) is 5.24 Å². The van der Waals surface area contributed by atoms with Gasteiger partial charge in [0.05, 0.1) is 3.79 Å². The second-order valence-electron chi connectivity index (χ2n) is 3.75. The van der Waals surface area contributed by atoms with Crippen LogP contribution in [0, 0.1) is 0 Å². The molecule has 0 aromatic carbocycles. The molecule has 0 bridgehead atoms. The van der Waals surface area contributed by atoms with Crippen LogP contribution in [0.4, 0.5) is 4.79 Å². The van der Waals surface area contributed by atoms with Gasteiger partial charge in [-0.15, -0.1) is 11.3 Å². The minimum atomic E-state index is -0.375. The first-order valence-corrected chi connectivity index (χ1v) is 7.63. The average Bonchev–Trinajstić information content (AvgIpc) is 2.87. The van der Waals surface area contributed by atoms with Crippen LogP contribution < -0.4 is 5.32 Å². The molecule has 1 saturated heterocycles. The van der Waals surface area contributed by atoms with E-state index < -0.39 is 0 Å². The standard InChI is InChI=1S/C10H11BrN2O2S2/c1-13(3-6-2-8(11)16-4-6)9(14)7-5-17-10(15)12-7/h2,4,7H,3,5H2,1H3,(H,12,15). The Kier molecular flexibility index (Phi) is 4.11. The molecule has 2 amide bonds. The molecule has 1 aliphatic heterocycles. The number of hydrogen-bond donors (Lipinski definition) is 1. The van der Waals surface area contributed by atoms with E-state index in [4.69, 9.17) is 0 Å². The van der Waals surface area contributed by atoms with E-state index in [9.17, 15) is 9.59 Å². The van der Waals surface area contributed by atoms with Crippen LogP contribution in [0.15, 0.2) is 15.2 Å². The van der Waals surface area contributed by atoms with Gasteiger partial charge in [-0.1, -0.05) is 11.8 Å². The normalized spacial score (nSPS) is 19.2. The maximum absolute atomic E-state index is 12.0. The van der Waals surface area contributed by atoms with E-state index in [2.05, 4.69) is 21.2 Å². The van der Waals surface area contributed by atoms with Crippen LogP contribution in [-0.4, -0.2) is 34.9 Å². The summed E-state index contributed by atoms with van der Waals surface area (Å²) in [6, 6.07) is 1.62. The number of nitrogens with one attached hydrogen (secondary N) is 1. The van der Waals surface area contributed by atoms with E-state index >= 15 is 0 Å². The van der Waals surface area contributed by atoms with Gasteiger partial charge in [-0.2, -0.15) is 0 Å². The summed E-state index contributed by atoms with van der Waals surface area (Å²) in [6.45, 7) is 0.567. The van der Waals surface area contributed by atoms with E-state index in [1.807, 2.05) is 11.4 Å². The van der Waals surface area contributed by atoms with Gasteiger partial charge in [0.2, 0.25) is 5.91 Å². The fraction of sp³-hybridized carbons (Fsp3) is 0.400. The third kappa shape index (κ3) is 3.23. The van der Waals surface area contributed by atoms with Crippen LogP contribution in [0.3, 0.4) is 0 Å². The monoisotopic (exact) mass is 334 g/mol. The lowest BCUT2D eigenvalue weighted by Gasteiger charge is -2.19. The van der Waals surface area contributed by atoms with Gasteiger partial charge in [0.15, 0.2) is 0 Å². The summed E-state index contributed by atoms with van der Waals surface area (Å²) in [5.41, 5.74) is 1.09. The molecule has 1 aromatic rings. The van der Waals surface area contributed by atoms with Crippen molar-refractivity contribution in [3.05, 3.63) is 20.8 Å². The highest BCUT2D eigenvalue weighted by Gasteiger charge is 2.30. The van der Waals surface area contributed by atoms with Crippen LogP contribution in [0.25, 0.3) is 0 Å². The summed E-state index contributed by atoms with van der Waals surface area (Å²) in [5, 5.41) is 4.55. The van der Waals surface area contributed by atoms with Crippen molar-refractivity contribution in [2.45, 2.75) is 12.6 Å². The van der Waals surface area contributed by atoms with E-state index in [1.54, 1.807) is 23.3 Å². The minimum absolute atomic E-state index is 0.0364. The molecule has 0 spiro atoms. The molecule has 1 aromatic heterocycles. The van der Waals surface area contributed by atoms with Crippen molar-refractivity contribution in [3.63, 3.8) is 0 Å². The SMILES string of the molecule is CN(Cc1csc(Br)c1)C(=O)C1CSC(=O)N1. The second kappa shape index (κ2) is 5.41. The number of carbonyl (C=O) groups excluding carboxylic acids is 2. The Morgan fingerprint density at radius 2 is 2.47 bits per heavy atom. The minimum Gasteiger partial charge on any atom is -0.340 e. The van der Waals surface area contributed by atoms with Gasteiger partial charge < -0.3 is 10.2 Å². The molecular formula is C10H11BrN2O2S2. The third-order valence-electron chi connectivity index (χ3n) is 2.39. The molecule has 17 heavy (non-hydrogen) atoms. The number of amides is 2. The van der Waals surface area contributed by atoms with Crippen molar-refractivity contribution in [2.75, 3.05) is 12.8 Å². The van der Waals surface area contributed by atoms with Gasteiger partial charge in [-0.3, -0.25) is 9.59 Å². The Morgan fingerprint density at radius 3 is 3.00 bits per heavy atom. The first-order chi connectivity index (χ1) is 8.06. The highest BCUT2D eigenvalue weighted by molar-refractivity contribution is 9.11. The molecule has 92 valence electrons. The molecule has 0 aliphatic carbocycles. The van der Waals surface area contributed by atoms with Gasteiger partial charge in [0.1, 0.15) is 6.04 Å². The van der Waals surface area contributed by atoms with Crippen LogP contribution in [0.5, 0.6) is 0 Å². The Balaban J connectivity index is 1.93. The quantitative estimate of drug-likeness (QED) is 0.922. The first kappa shape index (κ1) is 12.9. The van der Waals surface area contributed by atoms with Gasteiger partial charge in [-0.05, 0) is 32.9 Å². The number of thiophene rings is 1.